The van der Waals surface area contributed by atoms with E-state index in [2.05, 4.69) is 58.3 Å². The minimum atomic E-state index is -0.141. The molecule has 0 spiro atoms. The van der Waals surface area contributed by atoms with Crippen LogP contribution in [0, 0.1) is 0 Å². The van der Waals surface area contributed by atoms with Crippen molar-refractivity contribution in [2.75, 3.05) is 11.1 Å². The Kier molecular flexibility index (Phi) is 8.92. The lowest BCUT2D eigenvalue weighted by atomic mass is 9.90. The van der Waals surface area contributed by atoms with Gasteiger partial charge in [0, 0.05) is 12.5 Å². The summed E-state index contributed by atoms with van der Waals surface area (Å²) in [6.07, 6.45) is 7.88. The van der Waals surface area contributed by atoms with Crippen molar-refractivity contribution in [1.29, 1.82) is 0 Å². The summed E-state index contributed by atoms with van der Waals surface area (Å²) in [7, 11) is 0. The fourth-order valence-electron chi connectivity index (χ4n) is 4.03. The fourth-order valence-corrected chi connectivity index (χ4v) is 5.72. The molecule has 0 unspecified atom stereocenters. The summed E-state index contributed by atoms with van der Waals surface area (Å²) < 4.78 is 7.84. The third kappa shape index (κ3) is 6.91. The predicted molar refractivity (Wildman–Crippen MR) is 140 cm³/mol. The van der Waals surface area contributed by atoms with Crippen molar-refractivity contribution in [2.45, 2.75) is 76.1 Å². The lowest BCUT2D eigenvalue weighted by Crippen LogP contribution is -2.15. The van der Waals surface area contributed by atoms with E-state index in [1.165, 1.54) is 47.9 Å². The van der Waals surface area contributed by atoms with Crippen LogP contribution in [0.25, 0.3) is 0 Å². The van der Waals surface area contributed by atoms with Crippen molar-refractivity contribution >= 4 is 34.1 Å². The lowest BCUT2D eigenvalue weighted by molar-refractivity contribution is -0.113. The summed E-state index contributed by atoms with van der Waals surface area (Å²) in [6, 6.07) is 8.09. The molecule has 0 aliphatic heterocycles. The quantitative estimate of drug-likeness (QED) is 0.256. The van der Waals surface area contributed by atoms with Crippen LogP contribution in [-0.4, -0.2) is 36.6 Å². The van der Waals surface area contributed by atoms with Crippen molar-refractivity contribution in [1.82, 2.24) is 25.0 Å². The van der Waals surface area contributed by atoms with Crippen molar-refractivity contribution in [3.8, 4) is 5.75 Å². The summed E-state index contributed by atoms with van der Waals surface area (Å²) in [5.74, 6) is 2.47. The number of benzene rings is 1. The molecule has 8 nitrogen and oxygen atoms in total. The number of amides is 1. The van der Waals surface area contributed by atoms with Crippen LogP contribution in [0.2, 0.25) is 0 Å². The maximum Gasteiger partial charge on any atom is 0.236 e. The molecular weight excluding hydrogens is 480 g/mol. The third-order valence-corrected chi connectivity index (χ3v) is 7.96. The molecule has 2 heterocycles. The van der Waals surface area contributed by atoms with Gasteiger partial charge >= 0.3 is 0 Å². The van der Waals surface area contributed by atoms with Crippen LogP contribution in [0.4, 0.5) is 5.13 Å². The van der Waals surface area contributed by atoms with Crippen LogP contribution < -0.4 is 10.1 Å². The number of nitrogens with one attached hydrogen (secondary N) is 1. The van der Waals surface area contributed by atoms with E-state index in [9.17, 15) is 4.79 Å². The van der Waals surface area contributed by atoms with Crippen LogP contribution in [0.1, 0.15) is 74.2 Å². The van der Waals surface area contributed by atoms with Gasteiger partial charge in [0.1, 0.15) is 17.4 Å². The van der Waals surface area contributed by atoms with E-state index in [4.69, 9.17) is 4.74 Å². The van der Waals surface area contributed by atoms with Gasteiger partial charge in [0.15, 0.2) is 11.0 Å². The van der Waals surface area contributed by atoms with Crippen LogP contribution >= 0.6 is 23.1 Å². The average molecular weight is 513 g/mol. The van der Waals surface area contributed by atoms with E-state index in [0.29, 0.717) is 34.5 Å². The van der Waals surface area contributed by atoms with Gasteiger partial charge in [0.05, 0.1) is 5.75 Å². The SMILES string of the molecule is C=CCn1c(COc2ccc(C(C)C)cc2)nnc1SCC(=O)Nc1nnc(C2CCCCC2)s1. The standard InChI is InChI=1S/C25H32N6O2S2/c1-4-14-31-21(15-33-20-12-10-18(11-13-20)17(2)3)27-30-25(31)34-16-22(32)26-24-29-28-23(35-24)19-8-6-5-7-9-19/h4,10-13,17,19H,1,5-9,14-16H2,2-3H3,(H,26,29,32). The smallest absolute Gasteiger partial charge is 0.236 e. The minimum absolute atomic E-state index is 0.141. The van der Waals surface area contributed by atoms with Crippen molar-refractivity contribution in [2.24, 2.45) is 0 Å². The molecule has 3 aromatic rings. The Morgan fingerprint density at radius 1 is 1.20 bits per heavy atom. The largest absolute Gasteiger partial charge is 0.486 e. The van der Waals surface area contributed by atoms with Gasteiger partial charge in [-0.2, -0.15) is 0 Å². The minimum Gasteiger partial charge on any atom is -0.486 e. The molecule has 0 saturated heterocycles. The summed E-state index contributed by atoms with van der Waals surface area (Å²) in [4.78, 5) is 12.5. The Labute approximate surface area is 214 Å². The first-order valence-corrected chi connectivity index (χ1v) is 13.9. The van der Waals surface area contributed by atoms with Gasteiger partial charge < -0.3 is 4.74 Å². The van der Waals surface area contributed by atoms with E-state index in [-0.39, 0.29) is 18.3 Å². The molecule has 2 aromatic heterocycles. The summed E-state index contributed by atoms with van der Waals surface area (Å²) >= 11 is 2.81. The maximum absolute atomic E-state index is 12.5. The number of hydrogen-bond acceptors (Lipinski definition) is 8. The second-order valence-corrected chi connectivity index (χ2v) is 10.9. The van der Waals surface area contributed by atoms with Crippen molar-refractivity contribution in [3.63, 3.8) is 0 Å². The van der Waals surface area contributed by atoms with Gasteiger partial charge in [0.25, 0.3) is 0 Å². The molecule has 0 radical (unpaired) electrons. The third-order valence-electron chi connectivity index (χ3n) is 5.99. The lowest BCUT2D eigenvalue weighted by Gasteiger charge is -2.18. The van der Waals surface area contributed by atoms with Gasteiger partial charge in [-0.15, -0.1) is 27.0 Å². The molecule has 1 aliphatic rings. The van der Waals surface area contributed by atoms with Gasteiger partial charge in [-0.1, -0.05) is 74.4 Å². The number of allylic oxidation sites excluding steroid dienone is 1. The maximum atomic E-state index is 12.5. The normalized spacial score (nSPS) is 14.3. The Hall–Kier alpha value is -2.72. The van der Waals surface area contributed by atoms with E-state index < -0.39 is 0 Å². The van der Waals surface area contributed by atoms with E-state index in [1.807, 2.05) is 16.7 Å². The molecule has 1 N–H and O–H groups in total. The first-order valence-electron chi connectivity index (χ1n) is 12.0. The number of carbonyl (C=O) groups is 1. The number of anilines is 1. The van der Waals surface area contributed by atoms with Crippen LogP contribution in [0.3, 0.4) is 0 Å². The Morgan fingerprint density at radius 2 is 1.97 bits per heavy atom. The topological polar surface area (TPSA) is 94.8 Å². The van der Waals surface area contributed by atoms with E-state index >= 15 is 0 Å². The molecule has 4 rings (SSSR count). The monoisotopic (exact) mass is 512 g/mol. The fraction of sp³-hybridized carbons (Fsp3) is 0.480. The number of rotatable bonds is 11. The molecule has 186 valence electrons. The number of nitrogens with zero attached hydrogens (tertiary/aromatic N) is 5. The van der Waals surface area contributed by atoms with Crippen LogP contribution in [0.15, 0.2) is 42.1 Å². The zero-order valence-corrected chi connectivity index (χ0v) is 21.9. The second-order valence-electron chi connectivity index (χ2n) is 8.93. The number of aromatic nitrogens is 5. The number of carbonyl (C=O) groups excluding carboxylic acids is 1. The molecule has 1 saturated carbocycles. The van der Waals surface area contributed by atoms with Crippen molar-refractivity contribution < 1.29 is 9.53 Å². The molecular formula is C25H32N6O2S2. The Morgan fingerprint density at radius 3 is 2.69 bits per heavy atom. The van der Waals surface area contributed by atoms with Crippen LogP contribution in [0.5, 0.6) is 5.75 Å². The van der Waals surface area contributed by atoms with Crippen molar-refractivity contribution in [3.05, 3.63) is 53.3 Å². The second kappa shape index (κ2) is 12.3. The molecule has 35 heavy (non-hydrogen) atoms. The van der Waals surface area contributed by atoms with Gasteiger partial charge in [-0.05, 0) is 36.5 Å². The highest BCUT2D eigenvalue weighted by molar-refractivity contribution is 7.99. The molecule has 1 fully saturated rings. The highest BCUT2D eigenvalue weighted by Gasteiger charge is 2.20. The molecule has 1 amide bonds. The average Bonchev–Trinajstić information content (AvgIpc) is 3.49. The zero-order chi connectivity index (χ0) is 24.6. The Balaban J connectivity index is 1.31. The summed E-state index contributed by atoms with van der Waals surface area (Å²) in [5, 5.41) is 22.1. The summed E-state index contributed by atoms with van der Waals surface area (Å²) in [5.41, 5.74) is 1.27. The molecule has 0 atom stereocenters. The molecule has 1 aromatic carbocycles. The van der Waals surface area contributed by atoms with Gasteiger partial charge in [-0.3, -0.25) is 14.7 Å². The number of hydrogen-bond donors (Lipinski definition) is 1. The van der Waals surface area contributed by atoms with E-state index in [0.717, 1.165) is 23.6 Å². The first-order chi connectivity index (χ1) is 17.0. The van der Waals surface area contributed by atoms with Gasteiger partial charge in [0.2, 0.25) is 11.0 Å². The van der Waals surface area contributed by atoms with E-state index in [1.54, 1.807) is 6.08 Å². The van der Waals surface area contributed by atoms with Gasteiger partial charge in [-0.25, -0.2) is 0 Å². The summed E-state index contributed by atoms with van der Waals surface area (Å²) in [6.45, 7) is 8.97. The van der Waals surface area contributed by atoms with Crippen LogP contribution in [-0.2, 0) is 17.9 Å². The highest BCUT2D eigenvalue weighted by atomic mass is 32.2. The highest BCUT2D eigenvalue weighted by Crippen LogP contribution is 2.35. The zero-order valence-electron chi connectivity index (χ0n) is 20.3. The Bertz CT molecular complexity index is 1120. The number of ether oxygens (including phenoxy) is 1. The molecule has 0 bridgehead atoms. The molecule has 1 aliphatic carbocycles. The molecule has 10 heteroatoms. The number of thioether (sulfide) groups is 1. The predicted octanol–water partition coefficient (Wildman–Crippen LogP) is 5.80. The first kappa shape index (κ1) is 25.4.